The summed E-state index contributed by atoms with van der Waals surface area (Å²) >= 11 is 6.03. The zero-order chi connectivity index (χ0) is 22.5. The van der Waals surface area contributed by atoms with E-state index < -0.39 is 18.5 Å². The topological polar surface area (TPSA) is 97.3 Å². The van der Waals surface area contributed by atoms with E-state index in [4.69, 9.17) is 21.1 Å². The van der Waals surface area contributed by atoms with Crippen molar-refractivity contribution in [3.8, 4) is 5.75 Å². The Labute approximate surface area is 184 Å². The second-order valence-electron chi connectivity index (χ2n) is 7.02. The van der Waals surface area contributed by atoms with Crippen LogP contribution in [0.15, 0.2) is 41.5 Å². The summed E-state index contributed by atoms with van der Waals surface area (Å²) in [6, 6.07) is 10.4. The average Bonchev–Trinajstić information content (AvgIpc) is 2.74. The number of halogens is 1. The highest BCUT2D eigenvalue weighted by Gasteiger charge is 2.27. The molecule has 1 N–H and O–H groups in total. The van der Waals surface area contributed by atoms with Gasteiger partial charge in [0, 0.05) is 18.5 Å². The largest absolute Gasteiger partial charge is 0.495 e. The Morgan fingerprint density at radius 2 is 1.94 bits per heavy atom. The highest BCUT2D eigenvalue weighted by atomic mass is 35.5. The quantitative estimate of drug-likeness (QED) is 0.687. The first kappa shape index (κ1) is 22.3. The molecule has 0 saturated heterocycles. The van der Waals surface area contributed by atoms with Crippen molar-refractivity contribution in [2.75, 3.05) is 24.0 Å². The number of carbonyl (C=O) groups is 3. The molecule has 2 amide bonds. The SMILES string of the molecule is COc1ccc(NC(=O)COC(=O)C2=NN(c3cc(C)ccc3C)C(=O)CC2)cc1Cl. The Morgan fingerprint density at radius 1 is 1.16 bits per heavy atom. The third-order valence-corrected chi connectivity index (χ3v) is 4.93. The molecule has 0 bridgehead atoms. The summed E-state index contributed by atoms with van der Waals surface area (Å²) in [5, 5.41) is 8.34. The van der Waals surface area contributed by atoms with E-state index in [1.165, 1.54) is 18.2 Å². The van der Waals surface area contributed by atoms with Gasteiger partial charge in [-0.15, -0.1) is 0 Å². The molecule has 0 spiro atoms. The molecule has 0 saturated carbocycles. The molecule has 9 heteroatoms. The number of amides is 2. The lowest BCUT2D eigenvalue weighted by Crippen LogP contribution is -2.36. The maximum absolute atomic E-state index is 12.4. The van der Waals surface area contributed by atoms with Gasteiger partial charge < -0.3 is 14.8 Å². The van der Waals surface area contributed by atoms with E-state index in [-0.39, 0.29) is 24.5 Å². The minimum absolute atomic E-state index is 0.0841. The van der Waals surface area contributed by atoms with E-state index in [2.05, 4.69) is 10.4 Å². The van der Waals surface area contributed by atoms with Gasteiger partial charge in [0.05, 0.1) is 17.8 Å². The molecule has 162 valence electrons. The lowest BCUT2D eigenvalue weighted by molar-refractivity contribution is -0.140. The Kier molecular flexibility index (Phi) is 6.91. The van der Waals surface area contributed by atoms with Crippen LogP contribution >= 0.6 is 11.6 Å². The molecule has 0 aliphatic carbocycles. The van der Waals surface area contributed by atoms with Crippen molar-refractivity contribution in [1.29, 1.82) is 0 Å². The van der Waals surface area contributed by atoms with Crippen LogP contribution in [0.5, 0.6) is 5.75 Å². The predicted molar refractivity (Wildman–Crippen MR) is 118 cm³/mol. The van der Waals surface area contributed by atoms with Gasteiger partial charge in [0.25, 0.3) is 5.91 Å². The second kappa shape index (κ2) is 9.61. The molecule has 31 heavy (non-hydrogen) atoms. The third kappa shape index (κ3) is 5.40. The maximum Gasteiger partial charge on any atom is 0.355 e. The Hall–Kier alpha value is -3.39. The molecule has 0 fully saturated rings. The van der Waals surface area contributed by atoms with Gasteiger partial charge in [0.15, 0.2) is 6.61 Å². The van der Waals surface area contributed by atoms with E-state index in [0.29, 0.717) is 22.1 Å². The monoisotopic (exact) mass is 443 g/mol. The van der Waals surface area contributed by atoms with E-state index in [1.54, 1.807) is 12.1 Å². The fourth-order valence-corrected chi connectivity index (χ4v) is 3.25. The molecule has 2 aromatic carbocycles. The van der Waals surface area contributed by atoms with E-state index in [9.17, 15) is 14.4 Å². The molecule has 0 radical (unpaired) electrons. The molecular formula is C22H22ClN3O5. The molecule has 8 nitrogen and oxygen atoms in total. The summed E-state index contributed by atoms with van der Waals surface area (Å²) in [7, 11) is 1.49. The van der Waals surface area contributed by atoms with Gasteiger partial charge in [-0.2, -0.15) is 10.1 Å². The molecular weight excluding hydrogens is 422 g/mol. The van der Waals surface area contributed by atoms with E-state index in [0.717, 1.165) is 11.1 Å². The summed E-state index contributed by atoms with van der Waals surface area (Å²) in [6.45, 7) is 3.27. The van der Waals surface area contributed by atoms with Gasteiger partial charge in [-0.05, 0) is 49.2 Å². The van der Waals surface area contributed by atoms with E-state index >= 15 is 0 Å². The van der Waals surface area contributed by atoms with Crippen LogP contribution in [0.25, 0.3) is 0 Å². The van der Waals surface area contributed by atoms with Crippen molar-refractivity contribution in [3.63, 3.8) is 0 Å². The van der Waals surface area contributed by atoms with Gasteiger partial charge >= 0.3 is 5.97 Å². The smallest absolute Gasteiger partial charge is 0.355 e. The van der Waals surface area contributed by atoms with Gasteiger partial charge in [-0.3, -0.25) is 9.59 Å². The number of ether oxygens (including phenoxy) is 2. The number of hydrogen-bond donors (Lipinski definition) is 1. The number of methoxy groups -OCH3 is 1. The minimum Gasteiger partial charge on any atom is -0.495 e. The highest BCUT2D eigenvalue weighted by Crippen LogP contribution is 2.27. The molecule has 1 heterocycles. The van der Waals surface area contributed by atoms with Crippen LogP contribution in [-0.4, -0.2) is 37.2 Å². The van der Waals surface area contributed by atoms with Crippen molar-refractivity contribution in [3.05, 3.63) is 52.5 Å². The van der Waals surface area contributed by atoms with Gasteiger partial charge in [0.2, 0.25) is 5.91 Å². The van der Waals surface area contributed by atoms with Crippen LogP contribution in [0.4, 0.5) is 11.4 Å². The van der Waals surface area contributed by atoms with Crippen LogP contribution in [0, 0.1) is 13.8 Å². The number of anilines is 2. The number of hydrazone groups is 1. The van der Waals surface area contributed by atoms with Crippen molar-refractivity contribution in [2.45, 2.75) is 26.7 Å². The van der Waals surface area contributed by atoms with Crippen LogP contribution < -0.4 is 15.1 Å². The zero-order valence-electron chi connectivity index (χ0n) is 17.4. The highest BCUT2D eigenvalue weighted by molar-refractivity contribution is 6.38. The summed E-state index contributed by atoms with van der Waals surface area (Å²) in [5.41, 5.74) is 2.96. The zero-order valence-corrected chi connectivity index (χ0v) is 18.2. The predicted octanol–water partition coefficient (Wildman–Crippen LogP) is 3.63. The Morgan fingerprint density at radius 3 is 2.65 bits per heavy atom. The fraction of sp³-hybridized carbons (Fsp3) is 0.273. The van der Waals surface area contributed by atoms with Crippen LogP contribution in [0.3, 0.4) is 0 Å². The van der Waals surface area contributed by atoms with Crippen molar-refractivity contribution in [2.24, 2.45) is 5.10 Å². The Bertz CT molecular complexity index is 1070. The number of nitrogens with one attached hydrogen (secondary N) is 1. The summed E-state index contributed by atoms with van der Waals surface area (Å²) < 4.78 is 10.1. The molecule has 1 aliphatic rings. The van der Waals surface area contributed by atoms with Crippen molar-refractivity contribution < 1.29 is 23.9 Å². The second-order valence-corrected chi connectivity index (χ2v) is 7.42. The number of rotatable bonds is 6. The number of hydrogen-bond acceptors (Lipinski definition) is 6. The van der Waals surface area contributed by atoms with Crippen LogP contribution in [-0.2, 0) is 19.1 Å². The number of benzene rings is 2. The van der Waals surface area contributed by atoms with Crippen LogP contribution in [0.2, 0.25) is 5.02 Å². The number of aryl methyl sites for hydroxylation is 2. The summed E-state index contributed by atoms with van der Waals surface area (Å²) in [5.74, 6) is -1.01. The number of esters is 1. The van der Waals surface area contributed by atoms with Crippen molar-refractivity contribution >= 4 is 46.5 Å². The molecule has 0 atom stereocenters. The molecule has 2 aromatic rings. The lowest BCUT2D eigenvalue weighted by atomic mass is 10.1. The Balaban J connectivity index is 1.64. The average molecular weight is 444 g/mol. The molecule has 0 aromatic heterocycles. The van der Waals surface area contributed by atoms with Gasteiger partial charge in [-0.25, -0.2) is 4.79 Å². The minimum atomic E-state index is -0.745. The lowest BCUT2D eigenvalue weighted by Gasteiger charge is -2.24. The molecule has 1 aliphatic heterocycles. The normalized spacial score (nSPS) is 13.5. The first-order chi connectivity index (χ1) is 14.8. The standard InChI is InChI=1S/C22H22ClN3O5/c1-13-4-5-14(2)18(10-13)26-21(28)9-7-17(25-26)22(29)31-12-20(27)24-15-6-8-19(30-3)16(23)11-15/h4-6,8,10-11H,7,9,12H2,1-3H3,(H,24,27). The summed E-state index contributed by atoms with van der Waals surface area (Å²) in [4.78, 5) is 36.9. The maximum atomic E-state index is 12.4. The fourth-order valence-electron chi connectivity index (χ4n) is 2.99. The van der Waals surface area contributed by atoms with Crippen LogP contribution in [0.1, 0.15) is 24.0 Å². The van der Waals surface area contributed by atoms with Gasteiger partial charge in [0.1, 0.15) is 11.5 Å². The molecule has 0 unspecified atom stereocenters. The third-order valence-electron chi connectivity index (χ3n) is 4.63. The number of nitrogens with zero attached hydrogens (tertiary/aromatic N) is 2. The first-order valence-electron chi connectivity index (χ1n) is 9.56. The number of carbonyl (C=O) groups excluding carboxylic acids is 3. The first-order valence-corrected chi connectivity index (χ1v) is 9.94. The van der Waals surface area contributed by atoms with Crippen molar-refractivity contribution in [1.82, 2.24) is 0 Å². The van der Waals surface area contributed by atoms with E-state index in [1.807, 2.05) is 32.0 Å². The summed E-state index contributed by atoms with van der Waals surface area (Å²) in [6.07, 6.45) is 0.270. The van der Waals surface area contributed by atoms with Gasteiger partial charge in [-0.1, -0.05) is 23.7 Å². The molecule has 3 rings (SSSR count).